The maximum atomic E-state index is 4.66. The van der Waals surface area contributed by atoms with Gasteiger partial charge in [-0.05, 0) is 49.8 Å². The molecule has 0 aliphatic heterocycles. The van der Waals surface area contributed by atoms with Gasteiger partial charge in [-0.25, -0.2) is 9.97 Å². The predicted molar refractivity (Wildman–Crippen MR) is 124 cm³/mol. The van der Waals surface area contributed by atoms with Gasteiger partial charge in [0.1, 0.15) is 12.1 Å². The number of aromatic nitrogens is 3. The van der Waals surface area contributed by atoms with Gasteiger partial charge < -0.3 is 9.88 Å². The zero-order valence-electron chi connectivity index (χ0n) is 17.1. The Labute approximate surface area is 177 Å². The van der Waals surface area contributed by atoms with E-state index in [-0.39, 0.29) is 0 Å². The van der Waals surface area contributed by atoms with E-state index in [2.05, 4.69) is 80.7 Å². The molecule has 1 N–H and O–H groups in total. The highest BCUT2D eigenvalue weighted by molar-refractivity contribution is 6.02. The van der Waals surface area contributed by atoms with Crippen LogP contribution in [-0.2, 0) is 0 Å². The number of anilines is 1. The summed E-state index contributed by atoms with van der Waals surface area (Å²) in [4.78, 5) is 9.29. The van der Waals surface area contributed by atoms with Crippen molar-refractivity contribution in [1.82, 2.24) is 14.5 Å². The molecule has 4 nitrogen and oxygen atoms in total. The van der Waals surface area contributed by atoms with E-state index in [1.807, 2.05) is 12.1 Å². The second-order valence-corrected chi connectivity index (χ2v) is 7.82. The third-order valence-corrected chi connectivity index (χ3v) is 5.83. The first-order valence-corrected chi connectivity index (χ1v) is 10.8. The molecule has 0 bridgehead atoms. The molecule has 4 aromatic rings. The molecule has 0 unspecified atom stereocenters. The number of benzene rings is 2. The number of hydrogen-bond acceptors (Lipinski definition) is 3. The molecule has 4 heteroatoms. The lowest BCUT2D eigenvalue weighted by atomic mass is 9.97. The Hall–Kier alpha value is -3.40. The summed E-state index contributed by atoms with van der Waals surface area (Å²) in [6.07, 6.45) is 12.5. The Bertz CT molecular complexity index is 1160. The monoisotopic (exact) mass is 394 g/mol. The standard InChI is InChI=1S/C26H26N4/c1-4-10-20(11-5-1)16-17-27-25-24-23(21-12-6-2-7-13-21)18-30(26(24)29-19-28-25)22-14-8-3-9-15-22/h2-3,6-10,12-15,18-19H,1,4-5,11,16-17H2,(H,27,28,29). The SMILES string of the molecule is C1=C(CCNc2ncnc3c2c(-c2ccccc2)cn3-c2ccccc2)CCCC1. The second-order valence-electron chi connectivity index (χ2n) is 7.82. The first kappa shape index (κ1) is 18.6. The number of allylic oxidation sites excluding steroid dienone is 1. The topological polar surface area (TPSA) is 42.7 Å². The lowest BCUT2D eigenvalue weighted by molar-refractivity contribution is 0.679. The Kier molecular flexibility index (Phi) is 5.30. The van der Waals surface area contributed by atoms with Crippen LogP contribution in [0.25, 0.3) is 27.8 Å². The molecular formula is C26H26N4. The van der Waals surface area contributed by atoms with Crippen LogP contribution in [0.4, 0.5) is 5.82 Å². The number of nitrogens with one attached hydrogen (secondary N) is 1. The summed E-state index contributed by atoms with van der Waals surface area (Å²) in [5, 5.41) is 4.68. The fourth-order valence-electron chi connectivity index (χ4n) is 4.29. The molecule has 150 valence electrons. The van der Waals surface area contributed by atoms with Crippen molar-refractivity contribution in [1.29, 1.82) is 0 Å². The second kappa shape index (κ2) is 8.54. The van der Waals surface area contributed by atoms with E-state index in [0.29, 0.717) is 0 Å². The molecule has 2 aromatic carbocycles. The molecular weight excluding hydrogens is 368 g/mol. The fraction of sp³-hybridized carbons (Fsp3) is 0.231. The number of fused-ring (bicyclic) bond motifs is 1. The van der Waals surface area contributed by atoms with E-state index in [9.17, 15) is 0 Å². The van der Waals surface area contributed by atoms with E-state index in [0.717, 1.165) is 41.1 Å². The fourth-order valence-corrected chi connectivity index (χ4v) is 4.29. The van der Waals surface area contributed by atoms with Crippen LogP contribution in [0, 0.1) is 0 Å². The van der Waals surface area contributed by atoms with E-state index < -0.39 is 0 Å². The molecule has 0 atom stereocenters. The summed E-state index contributed by atoms with van der Waals surface area (Å²) < 4.78 is 2.16. The van der Waals surface area contributed by atoms with Crippen LogP contribution in [0.5, 0.6) is 0 Å². The zero-order valence-corrected chi connectivity index (χ0v) is 17.1. The van der Waals surface area contributed by atoms with Crippen molar-refractivity contribution in [3.8, 4) is 16.8 Å². The van der Waals surface area contributed by atoms with E-state index >= 15 is 0 Å². The number of para-hydroxylation sites is 1. The first-order valence-electron chi connectivity index (χ1n) is 10.8. The van der Waals surface area contributed by atoms with Gasteiger partial charge in [0.25, 0.3) is 0 Å². The highest BCUT2D eigenvalue weighted by atomic mass is 15.1. The van der Waals surface area contributed by atoms with Crippen molar-refractivity contribution in [2.24, 2.45) is 0 Å². The van der Waals surface area contributed by atoms with Crippen LogP contribution >= 0.6 is 0 Å². The minimum Gasteiger partial charge on any atom is -0.369 e. The van der Waals surface area contributed by atoms with Crippen LogP contribution in [-0.4, -0.2) is 21.1 Å². The molecule has 1 aliphatic rings. The quantitative estimate of drug-likeness (QED) is 0.385. The summed E-state index contributed by atoms with van der Waals surface area (Å²) >= 11 is 0. The highest BCUT2D eigenvalue weighted by Gasteiger charge is 2.17. The van der Waals surface area contributed by atoms with Gasteiger partial charge >= 0.3 is 0 Å². The van der Waals surface area contributed by atoms with Crippen molar-refractivity contribution >= 4 is 16.9 Å². The average molecular weight is 395 g/mol. The molecule has 0 radical (unpaired) electrons. The summed E-state index contributed by atoms with van der Waals surface area (Å²) in [5.74, 6) is 0.907. The molecule has 5 rings (SSSR count). The molecule has 0 amide bonds. The highest BCUT2D eigenvalue weighted by Crippen LogP contribution is 2.35. The number of nitrogens with zero attached hydrogens (tertiary/aromatic N) is 3. The number of hydrogen-bond donors (Lipinski definition) is 1. The third-order valence-electron chi connectivity index (χ3n) is 5.83. The van der Waals surface area contributed by atoms with Crippen molar-refractivity contribution in [3.05, 3.63) is 84.8 Å². The zero-order chi connectivity index (χ0) is 20.2. The summed E-state index contributed by atoms with van der Waals surface area (Å²) in [6, 6.07) is 20.9. The lowest BCUT2D eigenvalue weighted by Gasteiger charge is -2.14. The largest absolute Gasteiger partial charge is 0.369 e. The van der Waals surface area contributed by atoms with Crippen molar-refractivity contribution in [2.45, 2.75) is 32.1 Å². The van der Waals surface area contributed by atoms with Gasteiger partial charge in [0.05, 0.1) is 5.39 Å². The van der Waals surface area contributed by atoms with Gasteiger partial charge in [-0.1, -0.05) is 60.2 Å². The van der Waals surface area contributed by atoms with Crippen LogP contribution in [0.15, 0.2) is 84.8 Å². The third kappa shape index (κ3) is 3.73. The smallest absolute Gasteiger partial charge is 0.150 e. The molecule has 2 aromatic heterocycles. The van der Waals surface area contributed by atoms with Gasteiger partial charge in [0, 0.05) is 24.0 Å². The molecule has 30 heavy (non-hydrogen) atoms. The van der Waals surface area contributed by atoms with Gasteiger partial charge in [-0.3, -0.25) is 0 Å². The number of rotatable bonds is 6. The van der Waals surface area contributed by atoms with Gasteiger partial charge in [-0.2, -0.15) is 0 Å². The van der Waals surface area contributed by atoms with E-state index in [1.54, 1.807) is 11.9 Å². The lowest BCUT2D eigenvalue weighted by Crippen LogP contribution is -2.07. The average Bonchev–Trinajstić information content (AvgIpc) is 3.22. The van der Waals surface area contributed by atoms with Crippen LogP contribution in [0.2, 0.25) is 0 Å². The Morgan fingerprint density at radius 2 is 1.70 bits per heavy atom. The predicted octanol–water partition coefficient (Wildman–Crippen LogP) is 6.39. The first-order chi connectivity index (χ1) is 14.9. The molecule has 2 heterocycles. The maximum absolute atomic E-state index is 4.66. The van der Waals surface area contributed by atoms with Crippen LogP contribution in [0.3, 0.4) is 0 Å². The Balaban J connectivity index is 1.56. The maximum Gasteiger partial charge on any atom is 0.150 e. The minimum atomic E-state index is 0.892. The summed E-state index contributed by atoms with van der Waals surface area (Å²) in [6.45, 7) is 0.892. The summed E-state index contributed by atoms with van der Waals surface area (Å²) in [7, 11) is 0. The van der Waals surface area contributed by atoms with Crippen LogP contribution in [0.1, 0.15) is 32.1 Å². The molecule has 0 fully saturated rings. The Morgan fingerprint density at radius 1 is 0.900 bits per heavy atom. The summed E-state index contributed by atoms with van der Waals surface area (Å²) in [5.41, 5.74) is 5.92. The van der Waals surface area contributed by atoms with Gasteiger partial charge in [0.2, 0.25) is 0 Å². The molecule has 1 aliphatic carbocycles. The molecule has 0 spiro atoms. The van der Waals surface area contributed by atoms with Gasteiger partial charge in [-0.15, -0.1) is 0 Å². The van der Waals surface area contributed by atoms with E-state index in [4.69, 9.17) is 0 Å². The van der Waals surface area contributed by atoms with Crippen molar-refractivity contribution in [2.75, 3.05) is 11.9 Å². The Morgan fingerprint density at radius 3 is 2.47 bits per heavy atom. The molecule has 0 saturated carbocycles. The normalized spacial score (nSPS) is 13.9. The minimum absolute atomic E-state index is 0.892. The van der Waals surface area contributed by atoms with Crippen LogP contribution < -0.4 is 5.32 Å². The van der Waals surface area contributed by atoms with E-state index in [1.165, 1.54) is 31.2 Å². The van der Waals surface area contributed by atoms with Gasteiger partial charge in [0.15, 0.2) is 5.65 Å². The van der Waals surface area contributed by atoms with Crippen molar-refractivity contribution in [3.63, 3.8) is 0 Å². The molecule has 0 saturated heterocycles. The van der Waals surface area contributed by atoms with Crippen molar-refractivity contribution < 1.29 is 0 Å².